The van der Waals surface area contributed by atoms with E-state index in [0.717, 1.165) is 25.6 Å². The molecule has 2 aromatic carbocycles. The third-order valence-electron chi connectivity index (χ3n) is 5.34. The molecule has 2 aromatic rings. The van der Waals surface area contributed by atoms with Crippen molar-refractivity contribution in [1.29, 1.82) is 0 Å². The molecule has 0 spiro atoms. The molecule has 3 rings (SSSR count). The van der Waals surface area contributed by atoms with Crippen LogP contribution >= 0.6 is 0 Å². The van der Waals surface area contributed by atoms with E-state index in [1.54, 1.807) is 18.2 Å². The third kappa shape index (κ3) is 5.91. The summed E-state index contributed by atoms with van der Waals surface area (Å²) in [5.41, 5.74) is 2.78. The molecule has 0 saturated carbocycles. The number of para-hydroxylation sites is 1. The number of carbonyl (C=O) groups excluding carboxylic acids is 2. The van der Waals surface area contributed by atoms with E-state index in [9.17, 15) is 9.59 Å². The predicted molar refractivity (Wildman–Crippen MR) is 117 cm³/mol. The number of likely N-dealkylation sites (tertiary alicyclic amines) is 1. The van der Waals surface area contributed by atoms with Crippen molar-refractivity contribution in [2.75, 3.05) is 18.4 Å². The fraction of sp³-hybridized carbons (Fsp3) is 0.417. The fourth-order valence-corrected chi connectivity index (χ4v) is 3.56. The Kier molecular flexibility index (Phi) is 7.04. The average molecular weight is 394 g/mol. The lowest BCUT2D eigenvalue weighted by molar-refractivity contribution is 0.0944. The number of hydrogen-bond acceptors (Lipinski definition) is 3. The Morgan fingerprint density at radius 2 is 1.66 bits per heavy atom. The number of hydrogen-bond donors (Lipinski definition) is 2. The second-order valence-corrected chi connectivity index (χ2v) is 8.28. The summed E-state index contributed by atoms with van der Waals surface area (Å²) in [7, 11) is 0. The number of anilines is 1. The van der Waals surface area contributed by atoms with Crippen LogP contribution in [0, 0.1) is 5.92 Å². The van der Waals surface area contributed by atoms with Crippen LogP contribution in [0.2, 0.25) is 0 Å². The second kappa shape index (κ2) is 9.70. The van der Waals surface area contributed by atoms with Gasteiger partial charge in [-0.1, -0.05) is 31.2 Å². The molecule has 5 heteroatoms. The normalized spacial score (nSPS) is 15.3. The Bertz CT molecular complexity index is 837. The van der Waals surface area contributed by atoms with Crippen molar-refractivity contribution in [2.24, 2.45) is 5.92 Å². The van der Waals surface area contributed by atoms with E-state index < -0.39 is 0 Å². The van der Waals surface area contributed by atoms with Gasteiger partial charge in [0.1, 0.15) is 0 Å². The van der Waals surface area contributed by atoms with Gasteiger partial charge in [-0.2, -0.15) is 0 Å². The first-order valence-electron chi connectivity index (χ1n) is 10.4. The number of piperidine rings is 1. The molecular weight excluding hydrogens is 362 g/mol. The fourth-order valence-electron chi connectivity index (χ4n) is 3.56. The summed E-state index contributed by atoms with van der Waals surface area (Å²) in [5.74, 6) is 0.415. The Morgan fingerprint density at radius 3 is 2.31 bits per heavy atom. The summed E-state index contributed by atoms with van der Waals surface area (Å²) in [6.07, 6.45) is 2.51. The lowest BCUT2D eigenvalue weighted by atomic mass is 9.99. The van der Waals surface area contributed by atoms with Gasteiger partial charge in [0.15, 0.2) is 0 Å². The van der Waals surface area contributed by atoms with Crippen molar-refractivity contribution in [2.45, 2.75) is 46.2 Å². The van der Waals surface area contributed by atoms with Crippen LogP contribution in [0.25, 0.3) is 0 Å². The molecule has 0 aromatic heterocycles. The lowest BCUT2D eigenvalue weighted by Gasteiger charge is -2.30. The number of rotatable bonds is 6. The minimum atomic E-state index is -0.215. The molecule has 0 radical (unpaired) electrons. The lowest BCUT2D eigenvalue weighted by Crippen LogP contribution is -2.32. The molecule has 1 fully saturated rings. The first kappa shape index (κ1) is 21.1. The van der Waals surface area contributed by atoms with Gasteiger partial charge in [0, 0.05) is 18.2 Å². The van der Waals surface area contributed by atoms with Crippen LogP contribution < -0.4 is 10.6 Å². The van der Waals surface area contributed by atoms with Crippen LogP contribution in [-0.2, 0) is 6.54 Å². The Labute approximate surface area is 173 Å². The van der Waals surface area contributed by atoms with Crippen LogP contribution in [0.15, 0.2) is 48.5 Å². The zero-order valence-corrected chi connectivity index (χ0v) is 17.6. The van der Waals surface area contributed by atoms with Crippen molar-refractivity contribution in [3.63, 3.8) is 0 Å². The number of amides is 2. The van der Waals surface area contributed by atoms with E-state index in [2.05, 4.69) is 22.5 Å². The monoisotopic (exact) mass is 393 g/mol. The molecule has 1 heterocycles. The second-order valence-electron chi connectivity index (χ2n) is 8.28. The quantitative estimate of drug-likeness (QED) is 0.769. The summed E-state index contributed by atoms with van der Waals surface area (Å²) in [5, 5.41) is 5.74. The minimum Gasteiger partial charge on any atom is -0.350 e. The number of nitrogens with one attached hydrogen (secondary N) is 2. The standard InChI is InChI=1S/C24H31N3O2/c1-17(2)25-24(29)21-6-4-5-7-22(21)26-23(28)20-10-8-19(9-11-20)16-27-14-12-18(3)13-15-27/h4-11,17-18H,12-16H2,1-3H3,(H,25,29)(H,26,28). The average Bonchev–Trinajstić information content (AvgIpc) is 2.70. The Morgan fingerprint density at radius 1 is 1.00 bits per heavy atom. The zero-order chi connectivity index (χ0) is 20.8. The summed E-state index contributed by atoms with van der Waals surface area (Å²) in [4.78, 5) is 27.5. The van der Waals surface area contributed by atoms with E-state index in [4.69, 9.17) is 0 Å². The molecule has 1 aliphatic heterocycles. The predicted octanol–water partition coefficient (Wildman–Crippen LogP) is 4.31. The van der Waals surface area contributed by atoms with Crippen molar-refractivity contribution in [1.82, 2.24) is 10.2 Å². The van der Waals surface area contributed by atoms with E-state index in [-0.39, 0.29) is 17.9 Å². The van der Waals surface area contributed by atoms with Gasteiger partial charge in [0.25, 0.3) is 11.8 Å². The largest absolute Gasteiger partial charge is 0.350 e. The Balaban J connectivity index is 1.63. The van der Waals surface area contributed by atoms with Gasteiger partial charge in [0.2, 0.25) is 0 Å². The maximum Gasteiger partial charge on any atom is 0.255 e. The molecule has 2 amide bonds. The highest BCUT2D eigenvalue weighted by molar-refractivity contribution is 6.09. The molecule has 0 unspecified atom stereocenters. The molecule has 0 bridgehead atoms. The molecule has 0 atom stereocenters. The first-order valence-corrected chi connectivity index (χ1v) is 10.4. The molecule has 0 aliphatic carbocycles. The molecule has 1 saturated heterocycles. The van der Waals surface area contributed by atoms with Gasteiger partial charge >= 0.3 is 0 Å². The van der Waals surface area contributed by atoms with E-state index in [1.165, 1.54) is 18.4 Å². The maximum atomic E-state index is 12.7. The van der Waals surface area contributed by atoms with Gasteiger partial charge in [-0.15, -0.1) is 0 Å². The molecule has 154 valence electrons. The van der Waals surface area contributed by atoms with Gasteiger partial charge < -0.3 is 10.6 Å². The van der Waals surface area contributed by atoms with E-state index >= 15 is 0 Å². The van der Waals surface area contributed by atoms with Crippen molar-refractivity contribution >= 4 is 17.5 Å². The van der Waals surface area contributed by atoms with Crippen molar-refractivity contribution in [3.05, 3.63) is 65.2 Å². The number of nitrogens with zero attached hydrogens (tertiary/aromatic N) is 1. The number of benzene rings is 2. The third-order valence-corrected chi connectivity index (χ3v) is 5.34. The van der Waals surface area contributed by atoms with Gasteiger partial charge in [-0.3, -0.25) is 14.5 Å². The molecule has 5 nitrogen and oxygen atoms in total. The zero-order valence-electron chi connectivity index (χ0n) is 17.6. The van der Waals surface area contributed by atoms with E-state index in [1.807, 2.05) is 44.2 Å². The summed E-state index contributed by atoms with van der Waals surface area (Å²) >= 11 is 0. The van der Waals surface area contributed by atoms with Crippen molar-refractivity contribution in [3.8, 4) is 0 Å². The summed E-state index contributed by atoms with van der Waals surface area (Å²) in [6, 6.07) is 14.8. The first-order chi connectivity index (χ1) is 13.9. The van der Waals surface area contributed by atoms with Crippen LogP contribution in [0.3, 0.4) is 0 Å². The summed E-state index contributed by atoms with van der Waals surface area (Å²) < 4.78 is 0. The molecular formula is C24H31N3O2. The van der Waals surface area contributed by atoms with Crippen molar-refractivity contribution < 1.29 is 9.59 Å². The van der Waals surface area contributed by atoms with E-state index in [0.29, 0.717) is 16.8 Å². The molecule has 2 N–H and O–H groups in total. The van der Waals surface area contributed by atoms with Crippen LogP contribution in [0.4, 0.5) is 5.69 Å². The van der Waals surface area contributed by atoms with Gasteiger partial charge in [0.05, 0.1) is 11.3 Å². The number of carbonyl (C=O) groups is 2. The molecule has 29 heavy (non-hydrogen) atoms. The maximum absolute atomic E-state index is 12.7. The minimum absolute atomic E-state index is 0.0296. The highest BCUT2D eigenvalue weighted by Gasteiger charge is 2.17. The topological polar surface area (TPSA) is 61.4 Å². The van der Waals surface area contributed by atoms with Crippen LogP contribution in [0.1, 0.15) is 59.9 Å². The summed E-state index contributed by atoms with van der Waals surface area (Å²) in [6.45, 7) is 9.33. The highest BCUT2D eigenvalue weighted by Crippen LogP contribution is 2.19. The molecule has 1 aliphatic rings. The highest BCUT2D eigenvalue weighted by atomic mass is 16.2. The van der Waals surface area contributed by atoms with Gasteiger partial charge in [-0.25, -0.2) is 0 Å². The van der Waals surface area contributed by atoms with Crippen LogP contribution in [0.5, 0.6) is 0 Å². The Hall–Kier alpha value is -2.66. The van der Waals surface area contributed by atoms with Crippen LogP contribution in [-0.4, -0.2) is 35.8 Å². The SMILES string of the molecule is CC1CCN(Cc2ccc(C(=O)Nc3ccccc3C(=O)NC(C)C)cc2)CC1. The van der Waals surface area contributed by atoms with Gasteiger partial charge in [-0.05, 0) is 75.5 Å². The smallest absolute Gasteiger partial charge is 0.255 e.